The van der Waals surface area contributed by atoms with Gasteiger partial charge in [0.2, 0.25) is 0 Å². The zero-order valence-electron chi connectivity index (χ0n) is 16.9. The molecule has 6 heteroatoms. The highest BCUT2D eigenvalue weighted by molar-refractivity contribution is 6.39. The number of carbonyl (C=O) groups is 2. The summed E-state index contributed by atoms with van der Waals surface area (Å²) in [4.78, 5) is 26.6. The molecule has 2 amide bonds. The molecule has 0 atom stereocenters. The van der Waals surface area contributed by atoms with Crippen LogP contribution >= 0.6 is 0 Å². The number of nitrogens with zero attached hydrogens (tertiary/aromatic N) is 1. The maximum Gasteiger partial charge on any atom is 0.313 e. The first-order valence-electron chi connectivity index (χ1n) is 10.3. The quantitative estimate of drug-likeness (QED) is 0.531. The van der Waals surface area contributed by atoms with E-state index in [1.54, 1.807) is 18.2 Å². The molecule has 0 radical (unpaired) electrons. The summed E-state index contributed by atoms with van der Waals surface area (Å²) in [7, 11) is 0. The van der Waals surface area contributed by atoms with E-state index in [0.29, 0.717) is 24.6 Å². The topological polar surface area (TPSA) is 70.7 Å². The van der Waals surface area contributed by atoms with Crippen molar-refractivity contribution in [2.45, 2.75) is 32.6 Å². The Kier molecular flexibility index (Phi) is 7.50. The molecule has 1 aliphatic heterocycles. The van der Waals surface area contributed by atoms with Crippen molar-refractivity contribution in [2.75, 3.05) is 36.5 Å². The number of amides is 2. The lowest BCUT2D eigenvalue weighted by Gasteiger charge is -2.17. The Labute approximate surface area is 172 Å². The molecule has 1 fully saturated rings. The molecule has 29 heavy (non-hydrogen) atoms. The Balaban J connectivity index is 1.40. The molecule has 1 heterocycles. The molecule has 154 valence electrons. The minimum Gasteiger partial charge on any atom is -0.492 e. The molecule has 1 saturated heterocycles. The van der Waals surface area contributed by atoms with Crippen LogP contribution in [0.15, 0.2) is 48.5 Å². The van der Waals surface area contributed by atoms with Gasteiger partial charge in [-0.2, -0.15) is 0 Å². The average Bonchev–Trinajstić information content (AvgIpc) is 3.28. The number of carbonyl (C=O) groups excluding carboxylic acids is 2. The fourth-order valence-electron chi connectivity index (χ4n) is 3.45. The lowest BCUT2D eigenvalue weighted by atomic mass is 10.1. The molecule has 6 nitrogen and oxygen atoms in total. The van der Waals surface area contributed by atoms with Crippen molar-refractivity contribution in [1.82, 2.24) is 5.32 Å². The Hall–Kier alpha value is -3.02. The molecule has 0 unspecified atom stereocenters. The van der Waals surface area contributed by atoms with E-state index in [-0.39, 0.29) is 0 Å². The summed E-state index contributed by atoms with van der Waals surface area (Å²) in [5, 5.41) is 5.29. The van der Waals surface area contributed by atoms with Gasteiger partial charge in [-0.1, -0.05) is 24.3 Å². The van der Waals surface area contributed by atoms with E-state index in [1.807, 2.05) is 13.0 Å². The van der Waals surface area contributed by atoms with Crippen LogP contribution in [0.4, 0.5) is 11.4 Å². The lowest BCUT2D eigenvalue weighted by molar-refractivity contribution is -0.136. The fourth-order valence-corrected chi connectivity index (χ4v) is 3.45. The standard InChI is InChI=1S/C23H29N3O3/c1-2-29-21-10-4-3-9-20(21)25-23(28)22(27)24-15-7-8-18-11-13-19(14-12-18)26-16-5-6-17-26/h3-4,9-14H,2,5-8,15-17H2,1H3,(H,24,27)(H,25,28). The molecule has 0 aliphatic carbocycles. The molecular weight excluding hydrogens is 366 g/mol. The molecule has 1 aliphatic rings. The predicted octanol–water partition coefficient (Wildman–Crippen LogP) is 3.37. The highest BCUT2D eigenvalue weighted by Gasteiger charge is 2.15. The molecule has 2 aromatic carbocycles. The zero-order valence-corrected chi connectivity index (χ0v) is 16.9. The Morgan fingerprint density at radius 2 is 1.72 bits per heavy atom. The summed E-state index contributed by atoms with van der Waals surface area (Å²) in [6.07, 6.45) is 4.17. The Bertz CT molecular complexity index is 814. The number of hydrogen-bond acceptors (Lipinski definition) is 4. The summed E-state index contributed by atoms with van der Waals surface area (Å²) >= 11 is 0. The third kappa shape index (κ3) is 5.98. The molecule has 0 spiro atoms. The smallest absolute Gasteiger partial charge is 0.313 e. The van der Waals surface area contributed by atoms with Crippen LogP contribution in [-0.2, 0) is 16.0 Å². The minimum absolute atomic E-state index is 0.452. The summed E-state index contributed by atoms with van der Waals surface area (Å²) < 4.78 is 5.46. The van der Waals surface area contributed by atoms with Crippen molar-refractivity contribution in [3.63, 3.8) is 0 Å². The number of benzene rings is 2. The van der Waals surface area contributed by atoms with Gasteiger partial charge in [0, 0.05) is 25.3 Å². The number of aryl methyl sites for hydroxylation is 1. The molecule has 2 N–H and O–H groups in total. The van der Waals surface area contributed by atoms with Gasteiger partial charge in [0.25, 0.3) is 0 Å². The van der Waals surface area contributed by atoms with E-state index in [9.17, 15) is 9.59 Å². The molecule has 0 aromatic heterocycles. The summed E-state index contributed by atoms with van der Waals surface area (Å²) in [6, 6.07) is 15.7. The number of anilines is 2. The van der Waals surface area contributed by atoms with Crippen LogP contribution < -0.4 is 20.3 Å². The largest absolute Gasteiger partial charge is 0.492 e. The highest BCUT2D eigenvalue weighted by atomic mass is 16.5. The molecule has 0 saturated carbocycles. The van der Waals surface area contributed by atoms with Crippen LogP contribution in [0.5, 0.6) is 5.75 Å². The van der Waals surface area contributed by atoms with Gasteiger partial charge in [-0.05, 0) is 62.4 Å². The fraction of sp³-hybridized carbons (Fsp3) is 0.391. The Morgan fingerprint density at radius 3 is 2.45 bits per heavy atom. The first-order chi connectivity index (χ1) is 14.2. The first kappa shape index (κ1) is 20.7. The second kappa shape index (κ2) is 10.5. The van der Waals surface area contributed by atoms with Crippen molar-refractivity contribution in [2.24, 2.45) is 0 Å². The van der Waals surface area contributed by atoms with Gasteiger partial charge >= 0.3 is 11.8 Å². The number of ether oxygens (including phenoxy) is 1. The van der Waals surface area contributed by atoms with Crippen LogP contribution in [0.25, 0.3) is 0 Å². The predicted molar refractivity (Wildman–Crippen MR) is 115 cm³/mol. The van der Waals surface area contributed by atoms with E-state index >= 15 is 0 Å². The number of nitrogens with one attached hydrogen (secondary N) is 2. The summed E-state index contributed by atoms with van der Waals surface area (Å²) in [5.41, 5.74) is 3.01. The third-order valence-corrected chi connectivity index (χ3v) is 4.98. The van der Waals surface area contributed by atoms with Gasteiger partial charge in [-0.15, -0.1) is 0 Å². The first-order valence-corrected chi connectivity index (χ1v) is 10.3. The van der Waals surface area contributed by atoms with Gasteiger partial charge in [0.05, 0.1) is 12.3 Å². The Morgan fingerprint density at radius 1 is 1.00 bits per heavy atom. The SMILES string of the molecule is CCOc1ccccc1NC(=O)C(=O)NCCCc1ccc(N2CCCC2)cc1. The van der Waals surface area contributed by atoms with Crippen LogP contribution in [-0.4, -0.2) is 38.1 Å². The summed E-state index contributed by atoms with van der Waals surface area (Å²) in [6.45, 7) is 5.08. The lowest BCUT2D eigenvalue weighted by Crippen LogP contribution is -2.36. The van der Waals surface area contributed by atoms with Crippen LogP contribution in [0.1, 0.15) is 31.7 Å². The van der Waals surface area contributed by atoms with Crippen molar-refractivity contribution >= 4 is 23.2 Å². The monoisotopic (exact) mass is 395 g/mol. The minimum atomic E-state index is -0.688. The van der Waals surface area contributed by atoms with Gasteiger partial charge in [-0.3, -0.25) is 9.59 Å². The van der Waals surface area contributed by atoms with E-state index in [2.05, 4.69) is 39.8 Å². The van der Waals surface area contributed by atoms with Crippen molar-refractivity contribution in [3.8, 4) is 5.75 Å². The van der Waals surface area contributed by atoms with Crippen LogP contribution in [0.3, 0.4) is 0 Å². The van der Waals surface area contributed by atoms with E-state index in [4.69, 9.17) is 4.74 Å². The molecule has 0 bridgehead atoms. The van der Waals surface area contributed by atoms with Crippen molar-refractivity contribution in [1.29, 1.82) is 0 Å². The third-order valence-electron chi connectivity index (χ3n) is 4.98. The average molecular weight is 396 g/mol. The van der Waals surface area contributed by atoms with Gasteiger partial charge in [-0.25, -0.2) is 0 Å². The molecular formula is C23H29N3O3. The van der Waals surface area contributed by atoms with Gasteiger partial charge < -0.3 is 20.3 Å². The number of hydrogen-bond donors (Lipinski definition) is 2. The normalized spacial score (nSPS) is 13.2. The number of rotatable bonds is 8. The van der Waals surface area contributed by atoms with Crippen LogP contribution in [0.2, 0.25) is 0 Å². The van der Waals surface area contributed by atoms with Crippen LogP contribution in [0, 0.1) is 0 Å². The van der Waals surface area contributed by atoms with Gasteiger partial charge in [0.1, 0.15) is 5.75 Å². The highest BCUT2D eigenvalue weighted by Crippen LogP contribution is 2.23. The second-order valence-electron chi connectivity index (χ2n) is 7.10. The molecule has 2 aromatic rings. The second-order valence-corrected chi connectivity index (χ2v) is 7.10. The van der Waals surface area contributed by atoms with Crippen molar-refractivity contribution < 1.29 is 14.3 Å². The number of para-hydroxylation sites is 2. The maximum absolute atomic E-state index is 12.1. The van der Waals surface area contributed by atoms with E-state index < -0.39 is 11.8 Å². The molecule has 3 rings (SSSR count). The van der Waals surface area contributed by atoms with E-state index in [0.717, 1.165) is 25.9 Å². The summed E-state index contributed by atoms with van der Waals surface area (Å²) in [5.74, 6) is -0.777. The maximum atomic E-state index is 12.1. The zero-order chi connectivity index (χ0) is 20.5. The van der Waals surface area contributed by atoms with Gasteiger partial charge in [0.15, 0.2) is 0 Å². The van der Waals surface area contributed by atoms with E-state index in [1.165, 1.54) is 24.1 Å². The van der Waals surface area contributed by atoms with Crippen molar-refractivity contribution in [3.05, 3.63) is 54.1 Å².